The Kier molecular flexibility index (Phi) is 39.5. The van der Waals surface area contributed by atoms with E-state index < -0.39 is 6.10 Å². The molecule has 0 bridgehead atoms. The van der Waals surface area contributed by atoms with E-state index in [1.807, 2.05) is 0 Å². The van der Waals surface area contributed by atoms with E-state index in [2.05, 4.69) is 62.5 Å². The first-order valence-corrected chi connectivity index (χ1v) is 21.2. The van der Waals surface area contributed by atoms with Crippen molar-refractivity contribution in [3.63, 3.8) is 0 Å². The molecule has 5 nitrogen and oxygen atoms in total. The lowest BCUT2D eigenvalue weighted by Gasteiger charge is -2.15. The predicted octanol–water partition coefficient (Wildman–Crippen LogP) is 13.4. The van der Waals surface area contributed by atoms with Crippen LogP contribution in [0.4, 0.5) is 0 Å². The Labute approximate surface area is 309 Å². The van der Waals surface area contributed by atoms with Crippen LogP contribution in [0.1, 0.15) is 206 Å². The minimum atomic E-state index is -0.781. The molecule has 0 heterocycles. The summed E-state index contributed by atoms with van der Waals surface area (Å²) < 4.78 is 10.6. The lowest BCUT2D eigenvalue weighted by Crippen LogP contribution is -2.28. The molecule has 1 atom stereocenters. The largest absolute Gasteiger partial charge is 0.462 e. The molecule has 1 unspecified atom stereocenters. The van der Waals surface area contributed by atoms with Crippen LogP contribution in [0, 0.1) is 0 Å². The van der Waals surface area contributed by atoms with Gasteiger partial charge >= 0.3 is 11.9 Å². The fourth-order valence-corrected chi connectivity index (χ4v) is 5.92. The smallest absolute Gasteiger partial charge is 0.306 e. The highest BCUT2D eigenvalue weighted by Gasteiger charge is 2.16. The van der Waals surface area contributed by atoms with Crippen molar-refractivity contribution in [1.29, 1.82) is 0 Å². The molecule has 0 rings (SSSR count). The Balaban J connectivity index is 3.54. The molecule has 1 N–H and O–H groups in total. The summed E-state index contributed by atoms with van der Waals surface area (Å²) in [6, 6.07) is 0. The first-order chi connectivity index (χ1) is 24.6. The molecule has 290 valence electrons. The number of allylic oxidation sites excluding steroid dienone is 8. The van der Waals surface area contributed by atoms with Gasteiger partial charge in [-0.15, -0.1) is 0 Å². The molecule has 0 aliphatic carbocycles. The van der Waals surface area contributed by atoms with E-state index >= 15 is 0 Å². The molecule has 0 saturated carbocycles. The van der Waals surface area contributed by atoms with Crippen LogP contribution >= 0.6 is 0 Å². The van der Waals surface area contributed by atoms with Crippen LogP contribution in [0.5, 0.6) is 0 Å². The molecule has 0 aromatic carbocycles. The molecular weight excluding hydrogens is 620 g/mol. The van der Waals surface area contributed by atoms with E-state index in [9.17, 15) is 14.7 Å². The number of hydrogen-bond donors (Lipinski definition) is 1. The first kappa shape index (κ1) is 47.9. The highest BCUT2D eigenvalue weighted by atomic mass is 16.6. The molecule has 0 spiro atoms. The van der Waals surface area contributed by atoms with Gasteiger partial charge in [0, 0.05) is 12.8 Å². The summed E-state index contributed by atoms with van der Waals surface area (Å²) in [5.41, 5.74) is 0. The lowest BCUT2D eigenvalue weighted by atomic mass is 10.1. The molecule has 0 amide bonds. The van der Waals surface area contributed by atoms with Gasteiger partial charge in [0.2, 0.25) is 0 Å². The predicted molar refractivity (Wildman–Crippen MR) is 214 cm³/mol. The molecule has 0 aromatic heterocycles. The molecule has 0 radical (unpaired) electrons. The van der Waals surface area contributed by atoms with Gasteiger partial charge in [0.05, 0.1) is 6.61 Å². The fraction of sp³-hybridized carbons (Fsp3) is 0.778. The quantitative estimate of drug-likeness (QED) is 0.0394. The number of aliphatic hydroxyl groups excluding tert-OH is 1. The monoisotopic (exact) mass is 701 g/mol. The van der Waals surface area contributed by atoms with Crippen molar-refractivity contribution in [2.24, 2.45) is 0 Å². The Bertz CT molecular complexity index is 842. The van der Waals surface area contributed by atoms with Gasteiger partial charge in [-0.25, -0.2) is 0 Å². The fourth-order valence-electron chi connectivity index (χ4n) is 5.92. The minimum Gasteiger partial charge on any atom is -0.462 e. The van der Waals surface area contributed by atoms with E-state index in [1.165, 1.54) is 109 Å². The molecule has 0 aliphatic rings. The molecule has 0 saturated heterocycles. The van der Waals surface area contributed by atoms with Crippen LogP contribution in [0.2, 0.25) is 0 Å². The van der Waals surface area contributed by atoms with Crippen molar-refractivity contribution in [2.45, 2.75) is 213 Å². The highest BCUT2D eigenvalue weighted by Crippen LogP contribution is 2.14. The highest BCUT2D eigenvalue weighted by molar-refractivity contribution is 5.70. The van der Waals surface area contributed by atoms with Crippen molar-refractivity contribution in [2.75, 3.05) is 13.2 Å². The topological polar surface area (TPSA) is 72.8 Å². The zero-order valence-corrected chi connectivity index (χ0v) is 32.9. The second kappa shape index (κ2) is 41.3. The SMILES string of the molecule is CC/C=C\C/C=C\C/C=C\CCCCCCCC(=O)OC(CO)COC(=O)CCCCCCCCCCC/C=C\CCCCCCCCCC. The maximum atomic E-state index is 12.2. The molecule has 0 fully saturated rings. The van der Waals surface area contributed by atoms with Gasteiger partial charge in [-0.1, -0.05) is 172 Å². The molecule has 0 aromatic rings. The third-order valence-electron chi connectivity index (χ3n) is 9.11. The number of hydrogen-bond acceptors (Lipinski definition) is 5. The van der Waals surface area contributed by atoms with Crippen LogP contribution in [0.3, 0.4) is 0 Å². The maximum absolute atomic E-state index is 12.2. The maximum Gasteiger partial charge on any atom is 0.306 e. The van der Waals surface area contributed by atoms with E-state index in [0.717, 1.165) is 70.6 Å². The van der Waals surface area contributed by atoms with Crippen molar-refractivity contribution < 1.29 is 24.2 Å². The number of unbranched alkanes of at least 4 members (excludes halogenated alkanes) is 22. The second-order valence-electron chi connectivity index (χ2n) is 14.0. The average molecular weight is 701 g/mol. The second-order valence-corrected chi connectivity index (χ2v) is 14.0. The Hall–Kier alpha value is -2.14. The van der Waals surface area contributed by atoms with E-state index in [-0.39, 0.29) is 25.2 Å². The van der Waals surface area contributed by atoms with Crippen molar-refractivity contribution in [3.05, 3.63) is 48.6 Å². The Morgan fingerprint density at radius 3 is 1.32 bits per heavy atom. The third-order valence-corrected chi connectivity index (χ3v) is 9.11. The number of carbonyl (C=O) groups excluding carboxylic acids is 2. The summed E-state index contributed by atoms with van der Waals surface area (Å²) in [7, 11) is 0. The van der Waals surface area contributed by atoms with Gasteiger partial charge in [-0.2, -0.15) is 0 Å². The Morgan fingerprint density at radius 2 is 0.860 bits per heavy atom. The lowest BCUT2D eigenvalue weighted by molar-refractivity contribution is -0.161. The standard InChI is InChI=1S/C45H80O5/c1-3-5-7-9-11-13-15-17-19-20-21-22-23-24-26-27-29-31-33-35-37-39-44(47)49-42-43(41-46)50-45(48)40-38-36-34-32-30-28-25-18-16-14-12-10-8-6-4-2/h6,8,12,14,18,20-21,25,43,46H,3-5,7,9-11,13,15-17,19,22-24,26-42H2,1-2H3/b8-6-,14-12-,21-20-,25-18-. The zero-order valence-electron chi connectivity index (χ0n) is 32.9. The van der Waals surface area contributed by atoms with Gasteiger partial charge in [0.25, 0.3) is 0 Å². The van der Waals surface area contributed by atoms with Gasteiger partial charge in [-0.05, 0) is 70.6 Å². The van der Waals surface area contributed by atoms with Crippen LogP contribution in [0.15, 0.2) is 48.6 Å². The van der Waals surface area contributed by atoms with Gasteiger partial charge in [0.15, 0.2) is 6.10 Å². The van der Waals surface area contributed by atoms with Crippen LogP contribution in [0.25, 0.3) is 0 Å². The molecular formula is C45H80O5. The number of aliphatic hydroxyl groups is 1. The summed E-state index contributed by atoms with van der Waals surface area (Å²) >= 11 is 0. The number of esters is 2. The summed E-state index contributed by atoms with van der Waals surface area (Å²) in [6.45, 7) is 4.01. The van der Waals surface area contributed by atoms with E-state index in [1.54, 1.807) is 0 Å². The van der Waals surface area contributed by atoms with Crippen LogP contribution < -0.4 is 0 Å². The van der Waals surface area contributed by atoms with Gasteiger partial charge in [0.1, 0.15) is 6.61 Å². The first-order valence-electron chi connectivity index (χ1n) is 21.2. The third kappa shape index (κ3) is 38.7. The summed E-state index contributed by atoms with van der Waals surface area (Å²) in [5.74, 6) is -0.611. The zero-order chi connectivity index (χ0) is 36.4. The normalized spacial score (nSPS) is 12.6. The number of ether oxygens (including phenoxy) is 2. The summed E-state index contributed by atoms with van der Waals surface area (Å²) in [4.78, 5) is 24.3. The van der Waals surface area contributed by atoms with E-state index in [4.69, 9.17) is 9.47 Å². The van der Waals surface area contributed by atoms with Crippen LogP contribution in [-0.4, -0.2) is 36.4 Å². The van der Waals surface area contributed by atoms with E-state index in [0.29, 0.717) is 12.8 Å². The molecule has 0 aliphatic heterocycles. The van der Waals surface area contributed by atoms with Crippen molar-refractivity contribution in [1.82, 2.24) is 0 Å². The van der Waals surface area contributed by atoms with Crippen molar-refractivity contribution in [3.8, 4) is 0 Å². The molecule has 50 heavy (non-hydrogen) atoms. The average Bonchev–Trinajstić information content (AvgIpc) is 3.12. The summed E-state index contributed by atoms with van der Waals surface area (Å²) in [6.07, 6.45) is 51.8. The minimum absolute atomic E-state index is 0.0741. The van der Waals surface area contributed by atoms with Crippen molar-refractivity contribution >= 4 is 11.9 Å². The summed E-state index contributed by atoms with van der Waals surface area (Å²) in [5, 5.41) is 9.56. The molecule has 5 heteroatoms. The van der Waals surface area contributed by atoms with Gasteiger partial charge in [-0.3, -0.25) is 9.59 Å². The Morgan fingerprint density at radius 1 is 0.480 bits per heavy atom. The van der Waals surface area contributed by atoms with Crippen LogP contribution in [-0.2, 0) is 19.1 Å². The van der Waals surface area contributed by atoms with Gasteiger partial charge < -0.3 is 14.6 Å². The number of rotatable bonds is 38. The number of carbonyl (C=O) groups is 2.